The van der Waals surface area contributed by atoms with Gasteiger partial charge in [0.1, 0.15) is 17.7 Å². The summed E-state index contributed by atoms with van der Waals surface area (Å²) in [6, 6.07) is 3.29. The number of nitrogens with one attached hydrogen (secondary N) is 2. The number of carbonyl (C=O) groups excluding carboxylic acids is 4. The summed E-state index contributed by atoms with van der Waals surface area (Å²) in [6.07, 6.45) is -0.170. The number of amides is 3. The van der Waals surface area contributed by atoms with Crippen LogP contribution in [0.25, 0.3) is 0 Å². The number of hydrogen-bond donors (Lipinski definition) is 3. The first-order chi connectivity index (χ1) is 17.3. The summed E-state index contributed by atoms with van der Waals surface area (Å²) >= 11 is 4.31. The van der Waals surface area contributed by atoms with Crippen LogP contribution in [-0.2, 0) is 23.9 Å². The number of thiol groups is 1. The van der Waals surface area contributed by atoms with Gasteiger partial charge >= 0.3 is 12.1 Å². The number of aryl methyl sites for hydroxylation is 2. The number of ether oxygens (including phenoxy) is 2. The SMILES string of the molecule is CCOC(=O)CCNC(=O)C(c1c(C)cccc1C)N(C(=O)C(CS)NC(=O)OC(C)(C)C)C(C)CC. The third-order valence-corrected chi connectivity index (χ3v) is 6.13. The second kappa shape index (κ2) is 14.9. The maximum atomic E-state index is 13.9. The summed E-state index contributed by atoms with van der Waals surface area (Å²) < 4.78 is 10.3. The first-order valence-corrected chi connectivity index (χ1v) is 13.3. The maximum Gasteiger partial charge on any atom is 0.408 e. The second-order valence-corrected chi connectivity index (χ2v) is 10.3. The lowest BCUT2D eigenvalue weighted by molar-refractivity contribution is -0.145. The zero-order valence-electron chi connectivity index (χ0n) is 23.3. The Bertz CT molecular complexity index is 926. The zero-order chi connectivity index (χ0) is 28.3. The van der Waals surface area contributed by atoms with Gasteiger partial charge in [-0.15, -0.1) is 0 Å². The summed E-state index contributed by atoms with van der Waals surface area (Å²) in [7, 11) is 0. The number of benzene rings is 1. The minimum Gasteiger partial charge on any atom is -0.466 e. The van der Waals surface area contributed by atoms with Crippen molar-refractivity contribution in [1.82, 2.24) is 15.5 Å². The molecular formula is C27H43N3O6S. The Hall–Kier alpha value is -2.75. The summed E-state index contributed by atoms with van der Waals surface area (Å²) in [4.78, 5) is 53.4. The molecule has 0 bridgehead atoms. The molecule has 1 aromatic carbocycles. The summed E-state index contributed by atoms with van der Waals surface area (Å²) in [5.41, 5.74) is 1.63. The molecule has 37 heavy (non-hydrogen) atoms. The van der Waals surface area contributed by atoms with Gasteiger partial charge in [-0.1, -0.05) is 25.1 Å². The maximum absolute atomic E-state index is 13.9. The van der Waals surface area contributed by atoms with Gasteiger partial charge in [0.2, 0.25) is 11.8 Å². The average Bonchev–Trinajstić information content (AvgIpc) is 2.80. The van der Waals surface area contributed by atoms with Gasteiger partial charge < -0.3 is 25.0 Å². The van der Waals surface area contributed by atoms with Crippen LogP contribution >= 0.6 is 12.6 Å². The van der Waals surface area contributed by atoms with Gasteiger partial charge in [-0.3, -0.25) is 14.4 Å². The number of carbonyl (C=O) groups is 4. The molecule has 1 rings (SSSR count). The fourth-order valence-corrected chi connectivity index (χ4v) is 4.13. The van der Waals surface area contributed by atoms with Crippen LogP contribution in [0.3, 0.4) is 0 Å². The molecule has 3 atom stereocenters. The first-order valence-electron chi connectivity index (χ1n) is 12.7. The largest absolute Gasteiger partial charge is 0.466 e. The van der Waals surface area contributed by atoms with Crippen LogP contribution in [0.1, 0.15) is 77.1 Å². The number of esters is 1. The number of alkyl carbamates (subject to hydrolysis) is 1. The molecule has 0 aromatic heterocycles. The molecule has 2 N–H and O–H groups in total. The molecule has 0 aliphatic rings. The zero-order valence-corrected chi connectivity index (χ0v) is 24.2. The summed E-state index contributed by atoms with van der Waals surface area (Å²) in [5.74, 6) is -1.29. The molecule has 0 saturated carbocycles. The van der Waals surface area contributed by atoms with Crippen molar-refractivity contribution in [2.75, 3.05) is 18.9 Å². The van der Waals surface area contributed by atoms with Gasteiger partial charge in [0.15, 0.2) is 0 Å². The van der Waals surface area contributed by atoms with E-state index in [1.165, 1.54) is 4.90 Å². The summed E-state index contributed by atoms with van der Waals surface area (Å²) in [6.45, 7) is 14.8. The van der Waals surface area contributed by atoms with E-state index in [0.717, 1.165) is 11.1 Å². The van der Waals surface area contributed by atoms with E-state index in [2.05, 4.69) is 23.3 Å². The van der Waals surface area contributed by atoms with E-state index in [0.29, 0.717) is 12.0 Å². The van der Waals surface area contributed by atoms with Gasteiger partial charge in [0.05, 0.1) is 13.0 Å². The van der Waals surface area contributed by atoms with E-state index in [4.69, 9.17) is 9.47 Å². The highest BCUT2D eigenvalue weighted by Crippen LogP contribution is 2.31. The molecule has 1 aromatic rings. The quantitative estimate of drug-likeness (QED) is 0.276. The van der Waals surface area contributed by atoms with Crippen LogP contribution in [-0.4, -0.2) is 65.4 Å². The highest BCUT2D eigenvalue weighted by molar-refractivity contribution is 7.80. The van der Waals surface area contributed by atoms with Crippen LogP contribution in [0.2, 0.25) is 0 Å². The monoisotopic (exact) mass is 537 g/mol. The van der Waals surface area contributed by atoms with Gasteiger partial charge in [-0.05, 0) is 71.6 Å². The van der Waals surface area contributed by atoms with Gasteiger partial charge in [-0.2, -0.15) is 12.6 Å². The smallest absolute Gasteiger partial charge is 0.408 e. The van der Waals surface area contributed by atoms with E-state index >= 15 is 0 Å². The van der Waals surface area contributed by atoms with E-state index in [-0.39, 0.29) is 31.4 Å². The lowest BCUT2D eigenvalue weighted by Crippen LogP contribution is -2.56. The van der Waals surface area contributed by atoms with Crippen molar-refractivity contribution in [3.63, 3.8) is 0 Å². The van der Waals surface area contributed by atoms with E-state index < -0.39 is 41.6 Å². The van der Waals surface area contributed by atoms with Crippen molar-refractivity contribution in [2.24, 2.45) is 0 Å². The lowest BCUT2D eigenvalue weighted by Gasteiger charge is -2.39. The molecule has 0 aliphatic heterocycles. The Morgan fingerprint density at radius 2 is 1.68 bits per heavy atom. The van der Waals surface area contributed by atoms with Crippen molar-refractivity contribution >= 4 is 36.5 Å². The molecule has 208 valence electrons. The Morgan fingerprint density at radius 3 is 2.16 bits per heavy atom. The highest BCUT2D eigenvalue weighted by atomic mass is 32.1. The Labute approximate surface area is 226 Å². The van der Waals surface area contributed by atoms with E-state index in [1.54, 1.807) is 27.7 Å². The minimum absolute atomic E-state index is 0.00889. The average molecular weight is 538 g/mol. The van der Waals surface area contributed by atoms with Gasteiger partial charge in [0.25, 0.3) is 0 Å². The molecule has 0 fully saturated rings. The topological polar surface area (TPSA) is 114 Å². The first kappa shape index (κ1) is 32.3. The second-order valence-electron chi connectivity index (χ2n) is 9.94. The predicted molar refractivity (Wildman–Crippen MR) is 147 cm³/mol. The number of rotatable bonds is 12. The molecular weight excluding hydrogens is 494 g/mol. The molecule has 0 heterocycles. The van der Waals surface area contributed by atoms with Crippen molar-refractivity contribution < 1.29 is 28.7 Å². The molecule has 3 amide bonds. The minimum atomic E-state index is -1.02. The predicted octanol–water partition coefficient (Wildman–Crippen LogP) is 3.86. The normalized spacial score (nSPS) is 13.6. The van der Waals surface area contributed by atoms with Gasteiger partial charge in [0, 0.05) is 18.3 Å². The summed E-state index contributed by atoms with van der Waals surface area (Å²) in [5, 5.41) is 5.41. The van der Waals surface area contributed by atoms with E-state index in [1.807, 2.05) is 45.9 Å². The van der Waals surface area contributed by atoms with Gasteiger partial charge in [-0.25, -0.2) is 4.79 Å². The Kier molecular flexibility index (Phi) is 13.0. The third-order valence-electron chi connectivity index (χ3n) is 5.77. The van der Waals surface area contributed by atoms with Crippen LogP contribution in [0.5, 0.6) is 0 Å². The highest BCUT2D eigenvalue weighted by Gasteiger charge is 2.39. The molecule has 10 heteroatoms. The molecule has 3 unspecified atom stereocenters. The van der Waals surface area contributed by atoms with Crippen molar-refractivity contribution in [1.29, 1.82) is 0 Å². The molecule has 0 saturated heterocycles. The molecule has 9 nitrogen and oxygen atoms in total. The molecule has 0 aliphatic carbocycles. The van der Waals surface area contributed by atoms with Crippen LogP contribution < -0.4 is 10.6 Å². The lowest BCUT2D eigenvalue weighted by atomic mass is 9.92. The molecule has 0 spiro atoms. The fraction of sp³-hybridized carbons (Fsp3) is 0.630. The molecule has 0 radical (unpaired) electrons. The fourth-order valence-electron chi connectivity index (χ4n) is 3.88. The number of hydrogen-bond acceptors (Lipinski definition) is 7. The van der Waals surface area contributed by atoms with Crippen LogP contribution in [0.4, 0.5) is 4.79 Å². The van der Waals surface area contributed by atoms with Crippen LogP contribution in [0, 0.1) is 13.8 Å². The van der Waals surface area contributed by atoms with Crippen molar-refractivity contribution in [3.8, 4) is 0 Å². The Morgan fingerprint density at radius 1 is 1.08 bits per heavy atom. The Balaban J connectivity index is 3.45. The van der Waals surface area contributed by atoms with Crippen molar-refractivity contribution in [3.05, 3.63) is 34.9 Å². The van der Waals surface area contributed by atoms with E-state index in [9.17, 15) is 19.2 Å². The number of nitrogens with zero attached hydrogens (tertiary/aromatic N) is 1. The van der Waals surface area contributed by atoms with Crippen molar-refractivity contribution in [2.45, 2.75) is 92.0 Å². The third kappa shape index (κ3) is 9.91. The van der Waals surface area contributed by atoms with Crippen LogP contribution in [0.15, 0.2) is 18.2 Å². The standard InChI is InChI=1S/C27H43N3O6S/c1-9-19(5)30(25(33)20(16-37)29-26(34)36-27(6,7)8)23(22-17(3)12-11-13-18(22)4)24(32)28-15-14-21(31)35-10-2/h11-13,19-20,23,37H,9-10,14-16H2,1-8H3,(H,28,32)(H,29,34).